The normalized spacial score (nSPS) is 14.8. The molecule has 0 amide bonds. The van der Waals surface area contributed by atoms with Gasteiger partial charge < -0.3 is 19.7 Å². The van der Waals surface area contributed by atoms with Gasteiger partial charge in [-0.2, -0.15) is 0 Å². The predicted molar refractivity (Wildman–Crippen MR) is 80.3 cm³/mol. The molecule has 2 N–H and O–H groups in total. The molecule has 2 heterocycles. The zero-order chi connectivity index (χ0) is 15.5. The van der Waals surface area contributed by atoms with Crippen LogP contribution in [0.1, 0.15) is 10.6 Å². The van der Waals surface area contributed by atoms with Gasteiger partial charge in [0, 0.05) is 30.4 Å². The number of ether oxygens (including phenoxy) is 1. The smallest absolute Gasteiger partial charge is 0.372 e. The minimum absolute atomic E-state index is 0.344. The van der Waals surface area contributed by atoms with Gasteiger partial charge in [-0.15, -0.1) is 0 Å². The highest BCUT2D eigenvalue weighted by Gasteiger charge is 2.13. The molecule has 7 nitrogen and oxygen atoms in total. The summed E-state index contributed by atoms with van der Waals surface area (Å²) in [6.45, 7) is 2.95. The first-order valence-electron chi connectivity index (χ1n) is 6.91. The van der Waals surface area contributed by atoms with Crippen LogP contribution in [0, 0.1) is 0 Å². The van der Waals surface area contributed by atoms with Gasteiger partial charge in [0.25, 0.3) is 5.56 Å². The van der Waals surface area contributed by atoms with Crippen molar-refractivity contribution in [2.75, 3.05) is 31.2 Å². The molecule has 1 aliphatic heterocycles. The number of aromatic amines is 1. The molecule has 0 bridgehead atoms. The Morgan fingerprint density at radius 3 is 2.77 bits per heavy atom. The number of rotatable bonds is 3. The predicted octanol–water partition coefficient (Wildman–Crippen LogP) is 0.972. The molecular weight excluding hydrogens is 286 g/mol. The van der Waals surface area contributed by atoms with Crippen LogP contribution >= 0.6 is 0 Å². The Balaban J connectivity index is 1.98. The number of hydrogen-bond donors (Lipinski definition) is 2. The molecule has 1 aromatic carbocycles. The van der Waals surface area contributed by atoms with Crippen LogP contribution in [0.2, 0.25) is 0 Å². The van der Waals surface area contributed by atoms with Crippen molar-refractivity contribution in [2.24, 2.45) is 0 Å². The number of carbonyl (C=O) groups is 1. The van der Waals surface area contributed by atoms with E-state index in [9.17, 15) is 9.59 Å². The highest BCUT2D eigenvalue weighted by Crippen LogP contribution is 2.23. The van der Waals surface area contributed by atoms with Crippen molar-refractivity contribution in [3.05, 3.63) is 46.5 Å². The number of aromatic nitrogens is 2. The molecule has 0 spiro atoms. The Hall–Kier alpha value is -2.67. The zero-order valence-corrected chi connectivity index (χ0v) is 11.8. The second kappa shape index (κ2) is 5.98. The van der Waals surface area contributed by atoms with Crippen LogP contribution in [0.3, 0.4) is 0 Å². The average Bonchev–Trinajstić information content (AvgIpc) is 2.55. The van der Waals surface area contributed by atoms with E-state index in [1.165, 1.54) is 6.07 Å². The summed E-state index contributed by atoms with van der Waals surface area (Å²) in [5.41, 5.74) is 1.56. The molecule has 0 atom stereocenters. The van der Waals surface area contributed by atoms with Crippen molar-refractivity contribution in [1.29, 1.82) is 0 Å². The van der Waals surface area contributed by atoms with E-state index in [1.54, 1.807) is 6.07 Å². The molecular formula is C15H15N3O4. The van der Waals surface area contributed by atoms with Crippen molar-refractivity contribution in [3.63, 3.8) is 0 Å². The summed E-state index contributed by atoms with van der Waals surface area (Å²) < 4.78 is 5.33. The lowest BCUT2D eigenvalue weighted by Gasteiger charge is -2.29. The summed E-state index contributed by atoms with van der Waals surface area (Å²) in [5.74, 6) is -1.62. The van der Waals surface area contributed by atoms with Crippen LogP contribution in [0.15, 0.2) is 35.1 Å². The molecule has 1 aromatic heterocycles. The topological polar surface area (TPSA) is 95.5 Å². The molecule has 22 heavy (non-hydrogen) atoms. The van der Waals surface area contributed by atoms with E-state index in [2.05, 4.69) is 14.9 Å². The minimum atomic E-state index is -1.26. The first kappa shape index (κ1) is 14.3. The molecule has 0 aliphatic carbocycles. The average molecular weight is 301 g/mol. The van der Waals surface area contributed by atoms with Crippen molar-refractivity contribution in [3.8, 4) is 11.3 Å². The van der Waals surface area contributed by atoms with E-state index in [4.69, 9.17) is 9.84 Å². The van der Waals surface area contributed by atoms with E-state index in [0.717, 1.165) is 18.8 Å². The third kappa shape index (κ3) is 2.99. The van der Waals surface area contributed by atoms with Gasteiger partial charge in [-0.25, -0.2) is 9.78 Å². The number of H-pyrrole nitrogens is 1. The van der Waals surface area contributed by atoms with Gasteiger partial charge in [0.05, 0.1) is 18.9 Å². The third-order valence-corrected chi connectivity index (χ3v) is 3.46. The molecule has 0 unspecified atom stereocenters. The third-order valence-electron chi connectivity index (χ3n) is 3.46. The van der Waals surface area contributed by atoms with Gasteiger partial charge in [-0.3, -0.25) is 4.79 Å². The number of nitrogens with one attached hydrogen (secondary N) is 1. The first-order chi connectivity index (χ1) is 10.6. The molecule has 1 saturated heterocycles. The first-order valence-corrected chi connectivity index (χ1v) is 6.91. The van der Waals surface area contributed by atoms with Crippen molar-refractivity contribution >= 4 is 11.7 Å². The van der Waals surface area contributed by atoms with E-state index in [0.29, 0.717) is 24.5 Å². The Kier molecular flexibility index (Phi) is 3.88. The van der Waals surface area contributed by atoms with Crippen molar-refractivity contribution in [2.45, 2.75) is 0 Å². The summed E-state index contributed by atoms with van der Waals surface area (Å²) in [6, 6.07) is 8.84. The highest BCUT2D eigenvalue weighted by atomic mass is 16.5. The number of aromatic carboxylic acids is 1. The lowest BCUT2D eigenvalue weighted by molar-refractivity contribution is 0.0683. The van der Waals surface area contributed by atoms with E-state index in [1.807, 2.05) is 18.2 Å². The number of hydrogen-bond acceptors (Lipinski definition) is 5. The van der Waals surface area contributed by atoms with Gasteiger partial charge in [0.2, 0.25) is 5.82 Å². The Bertz CT molecular complexity index is 750. The van der Waals surface area contributed by atoms with E-state index in [-0.39, 0.29) is 5.82 Å². The van der Waals surface area contributed by atoms with Gasteiger partial charge in [-0.1, -0.05) is 12.1 Å². The maximum absolute atomic E-state index is 11.6. The van der Waals surface area contributed by atoms with E-state index < -0.39 is 11.5 Å². The fourth-order valence-corrected chi connectivity index (χ4v) is 2.39. The maximum Gasteiger partial charge on any atom is 0.372 e. The SMILES string of the molecule is O=C(O)c1nc(-c2cccc(N3CCOCC3)c2)cc(=O)[nH]1. The molecule has 1 fully saturated rings. The van der Waals surface area contributed by atoms with Gasteiger partial charge in [0.1, 0.15) is 0 Å². The summed E-state index contributed by atoms with van der Waals surface area (Å²) >= 11 is 0. The number of carboxylic acid groups (broad SMARTS) is 1. The lowest BCUT2D eigenvalue weighted by atomic mass is 10.1. The van der Waals surface area contributed by atoms with Gasteiger partial charge in [-0.05, 0) is 12.1 Å². The number of carboxylic acids is 1. The molecule has 114 valence electrons. The zero-order valence-electron chi connectivity index (χ0n) is 11.8. The maximum atomic E-state index is 11.6. The number of benzene rings is 1. The van der Waals surface area contributed by atoms with Crippen LogP contribution in [0.25, 0.3) is 11.3 Å². The fourth-order valence-electron chi connectivity index (χ4n) is 2.39. The highest BCUT2D eigenvalue weighted by molar-refractivity contribution is 5.83. The van der Waals surface area contributed by atoms with Crippen molar-refractivity contribution in [1.82, 2.24) is 9.97 Å². The molecule has 2 aromatic rings. The Labute approximate surface area is 126 Å². The van der Waals surface area contributed by atoms with Crippen LogP contribution in [0.5, 0.6) is 0 Å². The second-order valence-electron chi connectivity index (χ2n) is 4.93. The standard InChI is InChI=1S/C15H15N3O4/c19-13-9-12(16-14(17-13)15(20)21)10-2-1-3-11(8-10)18-4-6-22-7-5-18/h1-3,8-9H,4-7H2,(H,20,21)(H,16,17,19). The Morgan fingerprint density at radius 2 is 2.05 bits per heavy atom. The summed E-state index contributed by atoms with van der Waals surface area (Å²) in [5, 5.41) is 8.98. The van der Waals surface area contributed by atoms with Crippen molar-refractivity contribution < 1.29 is 14.6 Å². The monoisotopic (exact) mass is 301 g/mol. The summed E-state index contributed by atoms with van der Waals surface area (Å²) in [6.07, 6.45) is 0. The molecule has 7 heteroatoms. The van der Waals surface area contributed by atoms with Crippen LogP contribution in [0.4, 0.5) is 5.69 Å². The summed E-state index contributed by atoms with van der Waals surface area (Å²) in [7, 11) is 0. The van der Waals surface area contributed by atoms with Crippen LogP contribution in [-0.2, 0) is 4.74 Å². The molecule has 0 radical (unpaired) electrons. The lowest BCUT2D eigenvalue weighted by Crippen LogP contribution is -2.36. The molecule has 3 rings (SSSR count). The number of nitrogens with zero attached hydrogens (tertiary/aromatic N) is 2. The quantitative estimate of drug-likeness (QED) is 0.877. The molecule has 1 aliphatic rings. The minimum Gasteiger partial charge on any atom is -0.475 e. The van der Waals surface area contributed by atoms with E-state index >= 15 is 0 Å². The number of morpholine rings is 1. The largest absolute Gasteiger partial charge is 0.475 e. The second-order valence-corrected chi connectivity index (χ2v) is 4.93. The molecule has 0 saturated carbocycles. The van der Waals surface area contributed by atoms with Gasteiger partial charge >= 0.3 is 5.97 Å². The summed E-state index contributed by atoms with van der Waals surface area (Å²) in [4.78, 5) is 31.0. The van der Waals surface area contributed by atoms with Gasteiger partial charge in [0.15, 0.2) is 0 Å². The van der Waals surface area contributed by atoms with Crippen LogP contribution in [-0.4, -0.2) is 47.3 Å². The fraction of sp³-hybridized carbons (Fsp3) is 0.267. The number of anilines is 1. The van der Waals surface area contributed by atoms with Crippen LogP contribution < -0.4 is 10.5 Å². The Morgan fingerprint density at radius 1 is 1.27 bits per heavy atom.